The number of hydrogen-bond acceptors (Lipinski definition) is 3. The summed E-state index contributed by atoms with van der Waals surface area (Å²) >= 11 is 1.14. The summed E-state index contributed by atoms with van der Waals surface area (Å²) < 4.78 is 25.8. The van der Waals surface area contributed by atoms with E-state index >= 15 is 0 Å². The molecule has 1 heterocycles. The number of rotatable bonds is 5. The highest BCUT2D eigenvalue weighted by atomic mass is 32.2. The van der Waals surface area contributed by atoms with Gasteiger partial charge in [-0.05, 0) is 30.5 Å². The van der Waals surface area contributed by atoms with Crippen molar-refractivity contribution in [3.63, 3.8) is 0 Å². The standard InChI is InChI=1S/C14H15F2NO3S/c15-11-2-1-10(6-12(11)16)21-8-13(18)17-4-3-9(7-17)5-14(19)20/h1-2,6,9H,3-5,7-8H2,(H,19,20). The Morgan fingerprint density at radius 1 is 1.33 bits per heavy atom. The zero-order valence-corrected chi connectivity index (χ0v) is 12.0. The zero-order chi connectivity index (χ0) is 15.4. The van der Waals surface area contributed by atoms with E-state index < -0.39 is 17.6 Å². The molecule has 1 aromatic carbocycles. The van der Waals surface area contributed by atoms with Gasteiger partial charge in [-0.3, -0.25) is 9.59 Å². The maximum atomic E-state index is 13.0. The minimum Gasteiger partial charge on any atom is -0.481 e. The van der Waals surface area contributed by atoms with Crippen LogP contribution in [-0.4, -0.2) is 40.7 Å². The van der Waals surface area contributed by atoms with Crippen molar-refractivity contribution in [3.05, 3.63) is 29.8 Å². The molecule has 21 heavy (non-hydrogen) atoms. The van der Waals surface area contributed by atoms with Crippen molar-refractivity contribution >= 4 is 23.6 Å². The Balaban J connectivity index is 1.82. The van der Waals surface area contributed by atoms with Crippen LogP contribution < -0.4 is 0 Å². The molecule has 1 fully saturated rings. The van der Waals surface area contributed by atoms with E-state index in [0.29, 0.717) is 24.4 Å². The molecule has 0 spiro atoms. The number of carboxylic acids is 1. The molecule has 1 amide bonds. The number of aliphatic carboxylic acids is 1. The Morgan fingerprint density at radius 2 is 2.10 bits per heavy atom. The fraction of sp³-hybridized carbons (Fsp3) is 0.429. The minimum absolute atomic E-state index is 0.000263. The van der Waals surface area contributed by atoms with E-state index in [9.17, 15) is 18.4 Å². The fourth-order valence-electron chi connectivity index (χ4n) is 2.28. The van der Waals surface area contributed by atoms with Crippen LogP contribution in [0.15, 0.2) is 23.1 Å². The second kappa shape index (κ2) is 6.89. The summed E-state index contributed by atoms with van der Waals surface area (Å²) in [5, 5.41) is 8.73. The molecule has 1 saturated heterocycles. The lowest BCUT2D eigenvalue weighted by molar-refractivity contribution is -0.138. The van der Waals surface area contributed by atoms with Crippen molar-refractivity contribution in [3.8, 4) is 0 Å². The first kappa shape index (κ1) is 15.8. The molecule has 4 nitrogen and oxygen atoms in total. The van der Waals surface area contributed by atoms with E-state index in [0.717, 1.165) is 23.9 Å². The van der Waals surface area contributed by atoms with Crippen molar-refractivity contribution < 1.29 is 23.5 Å². The highest BCUT2D eigenvalue weighted by molar-refractivity contribution is 8.00. The molecule has 2 rings (SSSR count). The van der Waals surface area contributed by atoms with Crippen molar-refractivity contribution in [2.24, 2.45) is 5.92 Å². The molecule has 0 bridgehead atoms. The Morgan fingerprint density at radius 3 is 2.76 bits per heavy atom. The topological polar surface area (TPSA) is 57.6 Å². The van der Waals surface area contributed by atoms with Crippen molar-refractivity contribution in [2.75, 3.05) is 18.8 Å². The number of likely N-dealkylation sites (tertiary alicyclic amines) is 1. The van der Waals surface area contributed by atoms with E-state index in [-0.39, 0.29) is 24.0 Å². The summed E-state index contributed by atoms with van der Waals surface area (Å²) in [6.07, 6.45) is 0.758. The van der Waals surface area contributed by atoms with Crippen molar-refractivity contribution in [1.82, 2.24) is 4.90 Å². The SMILES string of the molecule is O=C(O)CC1CCN(C(=O)CSc2ccc(F)c(F)c2)C1. The molecule has 0 aromatic heterocycles. The first-order valence-corrected chi connectivity index (χ1v) is 7.51. The molecule has 7 heteroatoms. The van der Waals surface area contributed by atoms with Gasteiger partial charge >= 0.3 is 5.97 Å². The van der Waals surface area contributed by atoms with Crippen LogP contribution in [0, 0.1) is 17.6 Å². The monoisotopic (exact) mass is 315 g/mol. The summed E-state index contributed by atoms with van der Waals surface area (Å²) in [6.45, 7) is 0.999. The lowest BCUT2D eigenvalue weighted by Crippen LogP contribution is -2.30. The fourth-order valence-corrected chi connectivity index (χ4v) is 3.10. The summed E-state index contributed by atoms with van der Waals surface area (Å²) in [5.41, 5.74) is 0. The highest BCUT2D eigenvalue weighted by Gasteiger charge is 2.27. The lowest BCUT2D eigenvalue weighted by Gasteiger charge is -2.16. The summed E-state index contributed by atoms with van der Waals surface area (Å²) in [7, 11) is 0. The van der Waals surface area contributed by atoms with Crippen LogP contribution in [0.4, 0.5) is 8.78 Å². The van der Waals surface area contributed by atoms with Crippen LogP contribution in [0.3, 0.4) is 0 Å². The largest absolute Gasteiger partial charge is 0.481 e. The van der Waals surface area contributed by atoms with Crippen LogP contribution in [0.25, 0.3) is 0 Å². The van der Waals surface area contributed by atoms with Gasteiger partial charge in [0.2, 0.25) is 5.91 Å². The normalized spacial score (nSPS) is 18.0. The van der Waals surface area contributed by atoms with Gasteiger partial charge in [0.05, 0.1) is 5.75 Å². The van der Waals surface area contributed by atoms with E-state index in [1.165, 1.54) is 6.07 Å². The van der Waals surface area contributed by atoms with Gasteiger partial charge in [-0.2, -0.15) is 0 Å². The average molecular weight is 315 g/mol. The molecule has 1 atom stereocenters. The molecule has 0 saturated carbocycles. The molecule has 1 N–H and O–H groups in total. The minimum atomic E-state index is -0.935. The second-order valence-corrected chi connectivity index (χ2v) is 6.01. The number of carboxylic acid groups (broad SMARTS) is 1. The predicted octanol–water partition coefficient (Wildman–Crippen LogP) is 2.38. The maximum Gasteiger partial charge on any atom is 0.303 e. The van der Waals surface area contributed by atoms with E-state index in [4.69, 9.17) is 5.11 Å². The molecule has 1 aromatic rings. The summed E-state index contributed by atoms with van der Waals surface area (Å²) in [4.78, 5) is 24.7. The highest BCUT2D eigenvalue weighted by Crippen LogP contribution is 2.24. The number of amides is 1. The van der Waals surface area contributed by atoms with Gasteiger partial charge in [0.1, 0.15) is 0 Å². The third-order valence-electron chi connectivity index (χ3n) is 3.36. The van der Waals surface area contributed by atoms with Gasteiger partial charge in [0.15, 0.2) is 11.6 Å². The van der Waals surface area contributed by atoms with Gasteiger partial charge in [-0.1, -0.05) is 0 Å². The number of hydrogen-bond donors (Lipinski definition) is 1. The van der Waals surface area contributed by atoms with Crippen LogP contribution in [0.2, 0.25) is 0 Å². The summed E-state index contributed by atoms with van der Waals surface area (Å²) in [6, 6.07) is 3.51. The molecule has 114 valence electrons. The number of carbonyl (C=O) groups excluding carboxylic acids is 1. The van der Waals surface area contributed by atoms with E-state index in [1.807, 2.05) is 0 Å². The molecule has 1 aliphatic rings. The van der Waals surface area contributed by atoms with E-state index in [2.05, 4.69) is 0 Å². The van der Waals surface area contributed by atoms with Gasteiger partial charge in [0, 0.05) is 24.4 Å². The van der Waals surface area contributed by atoms with Crippen LogP contribution in [0.5, 0.6) is 0 Å². The first-order chi connectivity index (χ1) is 9.95. The first-order valence-electron chi connectivity index (χ1n) is 6.53. The molecular formula is C14H15F2NO3S. The number of halogens is 2. The Bertz CT molecular complexity index is 553. The third-order valence-corrected chi connectivity index (χ3v) is 4.33. The average Bonchev–Trinajstić information content (AvgIpc) is 2.87. The summed E-state index contributed by atoms with van der Waals surface area (Å²) in [5.74, 6) is -2.69. The maximum absolute atomic E-state index is 13.0. The van der Waals surface area contributed by atoms with Crippen molar-refractivity contribution in [1.29, 1.82) is 0 Å². The molecule has 0 radical (unpaired) electrons. The number of benzene rings is 1. The molecule has 1 unspecified atom stereocenters. The third kappa shape index (κ3) is 4.42. The van der Waals surface area contributed by atoms with Crippen molar-refractivity contribution in [2.45, 2.75) is 17.7 Å². The second-order valence-electron chi connectivity index (χ2n) is 4.96. The zero-order valence-electron chi connectivity index (χ0n) is 11.2. The molecule has 0 aliphatic carbocycles. The van der Waals surface area contributed by atoms with Crippen LogP contribution in [0.1, 0.15) is 12.8 Å². The van der Waals surface area contributed by atoms with Crippen LogP contribution in [-0.2, 0) is 9.59 Å². The van der Waals surface area contributed by atoms with E-state index in [1.54, 1.807) is 4.90 Å². The Hall–Kier alpha value is -1.63. The quantitative estimate of drug-likeness (QED) is 0.848. The predicted molar refractivity (Wildman–Crippen MR) is 74.0 cm³/mol. The number of nitrogens with zero attached hydrogens (tertiary/aromatic N) is 1. The van der Waals surface area contributed by atoms with Gasteiger partial charge < -0.3 is 10.0 Å². The van der Waals surface area contributed by atoms with Gasteiger partial charge in [-0.25, -0.2) is 8.78 Å². The number of carbonyl (C=O) groups is 2. The smallest absolute Gasteiger partial charge is 0.303 e. The lowest BCUT2D eigenvalue weighted by atomic mass is 10.1. The van der Waals surface area contributed by atoms with Crippen LogP contribution >= 0.6 is 11.8 Å². The molecule has 1 aliphatic heterocycles. The Labute approximate surface area is 125 Å². The number of thioether (sulfide) groups is 1. The van der Waals surface area contributed by atoms with Gasteiger partial charge in [-0.15, -0.1) is 11.8 Å². The molecular weight excluding hydrogens is 300 g/mol. The Kier molecular flexibility index (Phi) is 5.17. The van der Waals surface area contributed by atoms with Gasteiger partial charge in [0.25, 0.3) is 0 Å².